The third kappa shape index (κ3) is 3.39. The van der Waals surface area contributed by atoms with Gasteiger partial charge in [0.1, 0.15) is 6.54 Å². The van der Waals surface area contributed by atoms with Gasteiger partial charge in [0, 0.05) is 7.05 Å². The summed E-state index contributed by atoms with van der Waals surface area (Å²) in [7, 11) is 1.21. The average molecular weight is 317 g/mol. The summed E-state index contributed by atoms with van der Waals surface area (Å²) in [4.78, 5) is 48.1. The molecule has 1 aromatic rings. The van der Waals surface area contributed by atoms with Gasteiger partial charge in [0.15, 0.2) is 0 Å². The second kappa shape index (κ2) is 6.60. The molecule has 1 atom stereocenters. The third-order valence-corrected chi connectivity index (χ3v) is 3.82. The first kappa shape index (κ1) is 16.7. The molecule has 0 spiro atoms. The number of likely N-dealkylation sites (N-methyl/N-ethyl adjacent to an activating group) is 1. The maximum Gasteiger partial charge on any atom is 0.334 e. The number of imide groups is 2. The van der Waals surface area contributed by atoms with Gasteiger partial charge in [-0.3, -0.25) is 19.3 Å². The van der Waals surface area contributed by atoms with Crippen LogP contribution in [-0.4, -0.2) is 47.1 Å². The molecule has 1 aliphatic rings. The molecule has 7 nitrogen and oxygen atoms in total. The Hall–Kier alpha value is -2.70. The Bertz CT molecular complexity index is 654. The molecule has 0 aliphatic carbocycles. The van der Waals surface area contributed by atoms with E-state index in [0.717, 1.165) is 12.0 Å². The summed E-state index contributed by atoms with van der Waals surface area (Å²) >= 11 is 0. The highest BCUT2D eigenvalue weighted by molar-refractivity contribution is 6.44. The molecule has 1 fully saturated rings. The summed E-state index contributed by atoms with van der Waals surface area (Å²) in [5.74, 6) is -2.40. The van der Waals surface area contributed by atoms with Crippen molar-refractivity contribution in [2.24, 2.45) is 0 Å². The SMILES string of the molecule is CCc1ccc([C@H](C)NC(=O)CN2C(=O)C(=O)N(C)C2=O)cc1. The zero-order valence-corrected chi connectivity index (χ0v) is 13.3. The molecule has 0 aromatic heterocycles. The Morgan fingerprint density at radius 2 is 1.74 bits per heavy atom. The van der Waals surface area contributed by atoms with E-state index in [1.807, 2.05) is 31.2 Å². The van der Waals surface area contributed by atoms with Gasteiger partial charge in [0.25, 0.3) is 0 Å². The van der Waals surface area contributed by atoms with Crippen LogP contribution >= 0.6 is 0 Å². The third-order valence-electron chi connectivity index (χ3n) is 3.82. The summed E-state index contributed by atoms with van der Waals surface area (Å²) in [5, 5.41) is 2.72. The largest absolute Gasteiger partial charge is 0.348 e. The molecule has 23 heavy (non-hydrogen) atoms. The maximum atomic E-state index is 12.0. The smallest absolute Gasteiger partial charge is 0.334 e. The number of nitrogens with one attached hydrogen (secondary N) is 1. The van der Waals surface area contributed by atoms with Crippen LogP contribution in [0.15, 0.2) is 24.3 Å². The van der Waals surface area contributed by atoms with Crippen LogP contribution in [0.4, 0.5) is 4.79 Å². The second-order valence-electron chi connectivity index (χ2n) is 5.42. The summed E-state index contributed by atoms with van der Waals surface area (Å²) in [5.41, 5.74) is 2.12. The molecule has 1 saturated heterocycles. The topological polar surface area (TPSA) is 86.8 Å². The van der Waals surface area contributed by atoms with Crippen LogP contribution in [0.3, 0.4) is 0 Å². The molecule has 5 amide bonds. The van der Waals surface area contributed by atoms with Crippen molar-refractivity contribution in [2.75, 3.05) is 13.6 Å². The van der Waals surface area contributed by atoms with Gasteiger partial charge in [-0.2, -0.15) is 0 Å². The highest BCUT2D eigenvalue weighted by Gasteiger charge is 2.43. The minimum atomic E-state index is -0.979. The number of nitrogens with zero attached hydrogens (tertiary/aromatic N) is 2. The van der Waals surface area contributed by atoms with Crippen molar-refractivity contribution in [3.8, 4) is 0 Å². The first-order chi connectivity index (χ1) is 10.8. The van der Waals surface area contributed by atoms with Crippen molar-refractivity contribution >= 4 is 23.8 Å². The summed E-state index contributed by atoms with van der Waals surface area (Å²) in [6.45, 7) is 3.40. The number of hydrogen-bond donors (Lipinski definition) is 1. The van der Waals surface area contributed by atoms with Gasteiger partial charge in [-0.15, -0.1) is 0 Å². The summed E-state index contributed by atoms with van der Waals surface area (Å²) < 4.78 is 0. The number of urea groups is 1. The van der Waals surface area contributed by atoms with Crippen LogP contribution in [0.25, 0.3) is 0 Å². The lowest BCUT2D eigenvalue weighted by Gasteiger charge is -2.17. The normalized spacial score (nSPS) is 16.0. The fourth-order valence-corrected chi connectivity index (χ4v) is 2.31. The van der Waals surface area contributed by atoms with Crippen molar-refractivity contribution in [1.29, 1.82) is 0 Å². The Labute approximate surface area is 134 Å². The Balaban J connectivity index is 1.97. The van der Waals surface area contributed by atoms with Gasteiger partial charge in [0.2, 0.25) is 5.91 Å². The molecule has 1 aromatic carbocycles. The maximum absolute atomic E-state index is 12.0. The standard InChI is InChI=1S/C16H19N3O4/c1-4-11-5-7-12(8-6-11)10(2)17-13(20)9-19-15(22)14(21)18(3)16(19)23/h5-8,10H,4,9H2,1-3H3,(H,17,20)/t10-/m0/s1. The van der Waals surface area contributed by atoms with E-state index in [9.17, 15) is 19.2 Å². The van der Waals surface area contributed by atoms with E-state index in [-0.39, 0.29) is 6.04 Å². The number of aryl methyl sites for hydroxylation is 1. The van der Waals surface area contributed by atoms with Gasteiger partial charge < -0.3 is 5.32 Å². The van der Waals surface area contributed by atoms with Gasteiger partial charge in [-0.05, 0) is 24.5 Å². The van der Waals surface area contributed by atoms with Crippen LogP contribution in [0.1, 0.15) is 31.0 Å². The first-order valence-corrected chi connectivity index (χ1v) is 7.36. The van der Waals surface area contributed by atoms with Crippen LogP contribution < -0.4 is 5.32 Å². The molecule has 2 rings (SSSR count). The second-order valence-corrected chi connectivity index (χ2v) is 5.42. The van der Waals surface area contributed by atoms with Gasteiger partial charge in [-0.1, -0.05) is 31.2 Å². The van der Waals surface area contributed by atoms with Crippen LogP contribution in [0.2, 0.25) is 0 Å². The Morgan fingerprint density at radius 1 is 1.13 bits per heavy atom. The number of hydrogen-bond acceptors (Lipinski definition) is 4. The average Bonchev–Trinajstić information content (AvgIpc) is 2.72. The molecule has 0 unspecified atom stereocenters. The van der Waals surface area contributed by atoms with Gasteiger partial charge >= 0.3 is 17.8 Å². The zero-order valence-electron chi connectivity index (χ0n) is 13.3. The van der Waals surface area contributed by atoms with Crippen LogP contribution in [-0.2, 0) is 20.8 Å². The number of rotatable bonds is 5. The number of carbonyl (C=O) groups excluding carboxylic acids is 4. The fourth-order valence-electron chi connectivity index (χ4n) is 2.31. The zero-order chi connectivity index (χ0) is 17.1. The molecular formula is C16H19N3O4. The molecular weight excluding hydrogens is 298 g/mol. The Kier molecular flexibility index (Phi) is 4.78. The predicted molar refractivity (Wildman–Crippen MR) is 82.3 cm³/mol. The highest BCUT2D eigenvalue weighted by atomic mass is 16.2. The highest BCUT2D eigenvalue weighted by Crippen LogP contribution is 2.14. The predicted octanol–water partition coefficient (Wildman–Crippen LogP) is 0.847. The lowest BCUT2D eigenvalue weighted by Crippen LogP contribution is -2.41. The first-order valence-electron chi connectivity index (χ1n) is 7.36. The van der Waals surface area contributed by atoms with E-state index >= 15 is 0 Å². The summed E-state index contributed by atoms with van der Waals surface area (Å²) in [6.07, 6.45) is 0.932. The monoisotopic (exact) mass is 317 g/mol. The number of carbonyl (C=O) groups is 4. The molecule has 0 radical (unpaired) electrons. The van der Waals surface area contributed by atoms with Crippen molar-refractivity contribution < 1.29 is 19.2 Å². The molecule has 1 heterocycles. The molecule has 1 N–H and O–H groups in total. The lowest BCUT2D eigenvalue weighted by atomic mass is 10.1. The molecule has 1 aliphatic heterocycles. The minimum Gasteiger partial charge on any atom is -0.348 e. The van der Waals surface area contributed by atoms with E-state index in [1.165, 1.54) is 12.6 Å². The van der Waals surface area contributed by atoms with E-state index < -0.39 is 30.3 Å². The van der Waals surface area contributed by atoms with Crippen molar-refractivity contribution in [1.82, 2.24) is 15.1 Å². The van der Waals surface area contributed by atoms with Crippen LogP contribution in [0.5, 0.6) is 0 Å². The Morgan fingerprint density at radius 3 is 2.22 bits per heavy atom. The van der Waals surface area contributed by atoms with E-state index in [4.69, 9.17) is 0 Å². The number of benzene rings is 1. The molecule has 122 valence electrons. The molecule has 0 saturated carbocycles. The molecule has 7 heteroatoms. The van der Waals surface area contributed by atoms with E-state index in [1.54, 1.807) is 0 Å². The fraction of sp³-hybridized carbons (Fsp3) is 0.375. The minimum absolute atomic E-state index is 0.269. The van der Waals surface area contributed by atoms with Gasteiger partial charge in [-0.25, -0.2) is 9.69 Å². The van der Waals surface area contributed by atoms with Crippen molar-refractivity contribution in [2.45, 2.75) is 26.3 Å². The van der Waals surface area contributed by atoms with E-state index in [0.29, 0.717) is 9.80 Å². The molecule has 0 bridgehead atoms. The lowest BCUT2D eigenvalue weighted by molar-refractivity contribution is -0.143. The van der Waals surface area contributed by atoms with Crippen LogP contribution in [0, 0.1) is 0 Å². The van der Waals surface area contributed by atoms with Crippen molar-refractivity contribution in [3.63, 3.8) is 0 Å². The summed E-state index contributed by atoms with van der Waals surface area (Å²) in [6, 6.07) is 6.77. The quantitative estimate of drug-likeness (QED) is 0.644. The van der Waals surface area contributed by atoms with Crippen molar-refractivity contribution in [3.05, 3.63) is 35.4 Å². The number of amides is 5. The van der Waals surface area contributed by atoms with Gasteiger partial charge in [0.05, 0.1) is 6.04 Å². The van der Waals surface area contributed by atoms with E-state index in [2.05, 4.69) is 12.2 Å².